The summed E-state index contributed by atoms with van der Waals surface area (Å²) in [6, 6.07) is 4.06. The molecule has 1 amide bonds. The second-order valence-corrected chi connectivity index (χ2v) is 4.56. The third-order valence-electron chi connectivity index (χ3n) is 2.95. The molecule has 1 heterocycles. The van der Waals surface area contributed by atoms with Crippen molar-refractivity contribution in [1.29, 1.82) is 0 Å². The lowest BCUT2D eigenvalue weighted by molar-refractivity contribution is -0.153. The lowest BCUT2D eigenvalue weighted by Crippen LogP contribution is -2.40. The van der Waals surface area contributed by atoms with E-state index in [4.69, 9.17) is 10.5 Å². The minimum absolute atomic E-state index is 0.0535. The van der Waals surface area contributed by atoms with Crippen LogP contribution in [0, 0.1) is 0 Å². The van der Waals surface area contributed by atoms with Crippen LogP contribution in [0.1, 0.15) is 10.4 Å². The molecule has 0 bridgehead atoms. The number of amides is 1. The van der Waals surface area contributed by atoms with Gasteiger partial charge in [0, 0.05) is 18.7 Å². The first-order chi connectivity index (χ1) is 9.87. The van der Waals surface area contributed by atoms with Crippen molar-refractivity contribution >= 4 is 11.6 Å². The van der Waals surface area contributed by atoms with Gasteiger partial charge in [0.2, 0.25) is 0 Å². The van der Waals surface area contributed by atoms with Crippen molar-refractivity contribution in [2.45, 2.75) is 6.18 Å². The molecule has 1 aromatic rings. The highest BCUT2D eigenvalue weighted by Gasteiger charge is 2.29. The molecule has 1 aromatic carbocycles. The van der Waals surface area contributed by atoms with E-state index in [-0.39, 0.29) is 22.9 Å². The first-order valence-corrected chi connectivity index (χ1v) is 6.33. The largest absolute Gasteiger partial charge is 0.482 e. The molecule has 0 spiro atoms. The van der Waals surface area contributed by atoms with Crippen LogP contribution in [0.5, 0.6) is 5.75 Å². The number of alkyl halides is 3. The van der Waals surface area contributed by atoms with Crippen LogP contribution in [-0.2, 0) is 4.74 Å². The van der Waals surface area contributed by atoms with Gasteiger partial charge in [-0.25, -0.2) is 0 Å². The third-order valence-corrected chi connectivity index (χ3v) is 2.95. The van der Waals surface area contributed by atoms with Crippen LogP contribution in [0.4, 0.5) is 18.9 Å². The number of halogens is 3. The second-order valence-electron chi connectivity index (χ2n) is 4.56. The third kappa shape index (κ3) is 4.25. The van der Waals surface area contributed by atoms with Crippen LogP contribution in [0.3, 0.4) is 0 Å². The number of anilines is 1. The normalized spacial score (nSPS) is 15.9. The Hall–Kier alpha value is -1.96. The fourth-order valence-corrected chi connectivity index (χ4v) is 1.90. The summed E-state index contributed by atoms with van der Waals surface area (Å²) >= 11 is 0. The smallest absolute Gasteiger partial charge is 0.422 e. The Morgan fingerprint density at radius 1 is 1.33 bits per heavy atom. The Bertz CT molecular complexity index is 514. The number of morpholine rings is 1. The molecule has 5 nitrogen and oxygen atoms in total. The zero-order valence-corrected chi connectivity index (χ0v) is 11.2. The molecule has 0 atom stereocenters. The van der Waals surface area contributed by atoms with Crippen molar-refractivity contribution in [2.75, 3.05) is 38.6 Å². The molecule has 8 heteroatoms. The topological polar surface area (TPSA) is 64.8 Å². The van der Waals surface area contributed by atoms with Gasteiger partial charge in [-0.1, -0.05) is 0 Å². The molecule has 1 saturated heterocycles. The van der Waals surface area contributed by atoms with Crippen molar-refractivity contribution in [3.63, 3.8) is 0 Å². The van der Waals surface area contributed by atoms with E-state index in [1.165, 1.54) is 18.2 Å². The predicted molar refractivity (Wildman–Crippen MR) is 69.1 cm³/mol. The number of hydrogen-bond acceptors (Lipinski definition) is 4. The highest BCUT2D eigenvalue weighted by atomic mass is 19.4. The number of carbonyl (C=O) groups excluding carboxylic acids is 1. The zero-order chi connectivity index (χ0) is 15.5. The monoisotopic (exact) mass is 304 g/mol. The van der Waals surface area contributed by atoms with Crippen LogP contribution in [-0.4, -0.2) is 49.9 Å². The Kier molecular flexibility index (Phi) is 4.56. The molecule has 0 radical (unpaired) electrons. The number of carbonyl (C=O) groups is 1. The summed E-state index contributed by atoms with van der Waals surface area (Å²) < 4.78 is 46.3. The van der Waals surface area contributed by atoms with Gasteiger partial charge in [-0.3, -0.25) is 4.79 Å². The molecule has 1 fully saturated rings. The average molecular weight is 304 g/mol. The maximum atomic E-state index is 12.2. The van der Waals surface area contributed by atoms with Crippen LogP contribution in [0.2, 0.25) is 0 Å². The molecule has 1 aliphatic heterocycles. The van der Waals surface area contributed by atoms with Gasteiger partial charge in [0.15, 0.2) is 6.61 Å². The van der Waals surface area contributed by atoms with Gasteiger partial charge in [-0.2, -0.15) is 13.2 Å². The number of benzene rings is 1. The van der Waals surface area contributed by atoms with Gasteiger partial charge in [0.25, 0.3) is 5.91 Å². The minimum Gasteiger partial charge on any atom is -0.482 e. The first-order valence-electron chi connectivity index (χ1n) is 6.33. The van der Waals surface area contributed by atoms with E-state index < -0.39 is 12.8 Å². The van der Waals surface area contributed by atoms with Crippen molar-refractivity contribution < 1.29 is 27.4 Å². The Morgan fingerprint density at radius 3 is 2.62 bits per heavy atom. The van der Waals surface area contributed by atoms with Gasteiger partial charge in [0.05, 0.1) is 18.9 Å². The SMILES string of the molecule is Nc1ccc(C(=O)N2CCOCC2)cc1OCC(F)(F)F. The number of nitrogens with two attached hydrogens (primary N) is 1. The van der Waals surface area contributed by atoms with Crippen molar-refractivity contribution in [2.24, 2.45) is 0 Å². The van der Waals surface area contributed by atoms with Crippen molar-refractivity contribution in [3.05, 3.63) is 23.8 Å². The molecular weight excluding hydrogens is 289 g/mol. The summed E-state index contributed by atoms with van der Waals surface area (Å²) in [5.41, 5.74) is 5.85. The lowest BCUT2D eigenvalue weighted by Gasteiger charge is -2.27. The lowest BCUT2D eigenvalue weighted by atomic mass is 10.1. The Labute approximate surface area is 119 Å². The van der Waals surface area contributed by atoms with Crippen LogP contribution in [0.15, 0.2) is 18.2 Å². The van der Waals surface area contributed by atoms with E-state index in [9.17, 15) is 18.0 Å². The van der Waals surface area contributed by atoms with E-state index in [1.54, 1.807) is 4.90 Å². The zero-order valence-electron chi connectivity index (χ0n) is 11.2. The predicted octanol–water partition coefficient (Wildman–Crippen LogP) is 1.68. The molecule has 2 rings (SSSR count). The highest BCUT2D eigenvalue weighted by Crippen LogP contribution is 2.26. The fraction of sp³-hybridized carbons (Fsp3) is 0.462. The minimum atomic E-state index is -4.46. The van der Waals surface area contributed by atoms with Crippen LogP contribution < -0.4 is 10.5 Å². The van der Waals surface area contributed by atoms with Crippen molar-refractivity contribution in [1.82, 2.24) is 4.90 Å². The van der Waals surface area contributed by atoms with E-state index in [0.29, 0.717) is 26.3 Å². The van der Waals surface area contributed by atoms with Gasteiger partial charge in [-0.05, 0) is 18.2 Å². The molecule has 0 aromatic heterocycles. The van der Waals surface area contributed by atoms with E-state index in [1.807, 2.05) is 0 Å². The van der Waals surface area contributed by atoms with Gasteiger partial charge in [0.1, 0.15) is 5.75 Å². The van der Waals surface area contributed by atoms with E-state index in [0.717, 1.165) is 0 Å². The second kappa shape index (κ2) is 6.21. The molecule has 0 saturated carbocycles. The van der Waals surface area contributed by atoms with Crippen LogP contribution >= 0.6 is 0 Å². The quantitative estimate of drug-likeness (QED) is 0.863. The maximum Gasteiger partial charge on any atom is 0.422 e. The molecule has 116 valence electrons. The number of rotatable bonds is 3. The summed E-state index contributed by atoms with van der Waals surface area (Å²) in [7, 11) is 0. The molecule has 1 aliphatic rings. The number of ether oxygens (including phenoxy) is 2. The first kappa shape index (κ1) is 15.4. The summed E-state index contributed by atoms with van der Waals surface area (Å²) in [6.07, 6.45) is -4.46. The summed E-state index contributed by atoms with van der Waals surface area (Å²) in [6.45, 7) is 0.326. The van der Waals surface area contributed by atoms with Gasteiger partial charge >= 0.3 is 6.18 Å². The molecule has 21 heavy (non-hydrogen) atoms. The molecular formula is C13H15F3N2O3. The van der Waals surface area contributed by atoms with E-state index in [2.05, 4.69) is 4.74 Å². The van der Waals surface area contributed by atoms with Gasteiger partial charge in [-0.15, -0.1) is 0 Å². The van der Waals surface area contributed by atoms with Crippen LogP contribution in [0.25, 0.3) is 0 Å². The summed E-state index contributed by atoms with van der Waals surface area (Å²) in [4.78, 5) is 13.8. The molecule has 0 unspecified atom stereocenters. The number of nitrogens with zero attached hydrogens (tertiary/aromatic N) is 1. The van der Waals surface area contributed by atoms with Gasteiger partial charge < -0.3 is 20.1 Å². The average Bonchev–Trinajstić information content (AvgIpc) is 2.46. The number of nitrogen functional groups attached to an aromatic ring is 1. The van der Waals surface area contributed by atoms with Crippen molar-refractivity contribution in [3.8, 4) is 5.75 Å². The number of hydrogen-bond donors (Lipinski definition) is 1. The maximum absolute atomic E-state index is 12.2. The summed E-state index contributed by atoms with van der Waals surface area (Å²) in [5.74, 6) is -0.429. The highest BCUT2D eigenvalue weighted by molar-refractivity contribution is 5.95. The molecule has 2 N–H and O–H groups in total. The fourth-order valence-electron chi connectivity index (χ4n) is 1.90. The molecule has 0 aliphatic carbocycles. The Morgan fingerprint density at radius 2 is 2.00 bits per heavy atom. The summed E-state index contributed by atoms with van der Waals surface area (Å²) in [5, 5.41) is 0. The Balaban J connectivity index is 2.11. The standard InChI is InChI=1S/C13H15F3N2O3/c14-13(15,16)8-21-11-7-9(1-2-10(11)17)12(19)18-3-5-20-6-4-18/h1-2,7H,3-6,8,17H2. The van der Waals surface area contributed by atoms with E-state index >= 15 is 0 Å².